The first-order valence-corrected chi connectivity index (χ1v) is 6.44. The molecule has 1 unspecified atom stereocenters. The highest BCUT2D eigenvalue weighted by Gasteiger charge is 2.26. The Morgan fingerprint density at radius 1 is 1.39 bits per heavy atom. The van der Waals surface area contributed by atoms with Crippen LogP contribution in [-0.4, -0.2) is 19.1 Å². The number of hydrogen-bond acceptors (Lipinski definition) is 2. The topological polar surface area (TPSA) is 38.3 Å². The van der Waals surface area contributed by atoms with Gasteiger partial charge in [-0.1, -0.05) is 39.0 Å². The maximum Gasteiger partial charge on any atom is 0.226 e. The highest BCUT2D eigenvalue weighted by molar-refractivity contribution is 5.79. The summed E-state index contributed by atoms with van der Waals surface area (Å²) in [5.74, 6) is 0.944. The fourth-order valence-electron chi connectivity index (χ4n) is 1.99. The van der Waals surface area contributed by atoms with Crippen molar-refractivity contribution < 1.29 is 9.53 Å². The van der Waals surface area contributed by atoms with Crippen LogP contribution < -0.4 is 10.1 Å². The molecule has 98 valence electrons. The van der Waals surface area contributed by atoms with Crippen molar-refractivity contribution in [2.75, 3.05) is 13.2 Å². The fourth-order valence-corrected chi connectivity index (χ4v) is 1.99. The molecule has 0 bridgehead atoms. The largest absolute Gasteiger partial charge is 0.492 e. The molecule has 3 nitrogen and oxygen atoms in total. The highest BCUT2D eigenvalue weighted by Crippen LogP contribution is 2.26. The van der Waals surface area contributed by atoms with E-state index < -0.39 is 0 Å². The second-order valence-electron chi connectivity index (χ2n) is 6.10. The lowest BCUT2D eigenvalue weighted by Crippen LogP contribution is -2.40. The van der Waals surface area contributed by atoms with Gasteiger partial charge in [0.15, 0.2) is 0 Å². The van der Waals surface area contributed by atoms with Gasteiger partial charge in [-0.2, -0.15) is 0 Å². The summed E-state index contributed by atoms with van der Waals surface area (Å²) in [5, 5.41) is 3.00. The average molecular weight is 247 g/mol. The summed E-state index contributed by atoms with van der Waals surface area (Å²) in [7, 11) is 0. The summed E-state index contributed by atoms with van der Waals surface area (Å²) in [6.07, 6.45) is 0.770. The molecule has 0 saturated heterocycles. The monoisotopic (exact) mass is 247 g/mol. The number of rotatable bonds is 2. The highest BCUT2D eigenvalue weighted by atomic mass is 16.5. The average Bonchev–Trinajstić information content (AvgIpc) is 2.34. The van der Waals surface area contributed by atoms with Gasteiger partial charge in [-0.3, -0.25) is 4.79 Å². The third-order valence-corrected chi connectivity index (χ3v) is 3.04. The molecule has 1 aliphatic rings. The van der Waals surface area contributed by atoms with Crippen molar-refractivity contribution in [1.82, 2.24) is 5.32 Å². The van der Waals surface area contributed by atoms with Crippen LogP contribution in [0.15, 0.2) is 24.3 Å². The van der Waals surface area contributed by atoms with Crippen LogP contribution in [-0.2, 0) is 11.2 Å². The molecular formula is C15H21NO2. The number of nitrogens with one attached hydrogen (secondary N) is 1. The minimum atomic E-state index is -0.0674. The zero-order chi connectivity index (χ0) is 13.2. The van der Waals surface area contributed by atoms with Gasteiger partial charge in [0.25, 0.3) is 0 Å². The van der Waals surface area contributed by atoms with E-state index >= 15 is 0 Å². The number of benzene rings is 1. The summed E-state index contributed by atoms with van der Waals surface area (Å²) in [6, 6.07) is 7.92. The first kappa shape index (κ1) is 12.9. The zero-order valence-corrected chi connectivity index (χ0v) is 11.3. The normalized spacial score (nSPS) is 18.7. The molecule has 1 aliphatic heterocycles. The van der Waals surface area contributed by atoms with Crippen LogP contribution >= 0.6 is 0 Å². The first-order chi connectivity index (χ1) is 8.46. The van der Waals surface area contributed by atoms with Crippen molar-refractivity contribution >= 4 is 5.91 Å². The molecular weight excluding hydrogens is 226 g/mol. The summed E-state index contributed by atoms with van der Waals surface area (Å²) < 4.78 is 5.63. The predicted molar refractivity (Wildman–Crippen MR) is 71.6 cm³/mol. The van der Waals surface area contributed by atoms with Crippen molar-refractivity contribution in [1.29, 1.82) is 0 Å². The molecule has 0 fully saturated rings. The summed E-state index contributed by atoms with van der Waals surface area (Å²) >= 11 is 0. The van der Waals surface area contributed by atoms with Gasteiger partial charge in [0, 0.05) is 6.54 Å². The van der Waals surface area contributed by atoms with Crippen molar-refractivity contribution in [3.8, 4) is 5.75 Å². The lowest BCUT2D eigenvalue weighted by molar-refractivity contribution is -0.126. The summed E-state index contributed by atoms with van der Waals surface area (Å²) in [4.78, 5) is 12.1. The Kier molecular flexibility index (Phi) is 3.60. The van der Waals surface area contributed by atoms with Crippen LogP contribution in [0.25, 0.3) is 0 Å². The van der Waals surface area contributed by atoms with Gasteiger partial charge in [0.1, 0.15) is 12.4 Å². The quantitative estimate of drug-likeness (QED) is 0.871. The molecule has 0 radical (unpaired) electrons. The van der Waals surface area contributed by atoms with E-state index in [4.69, 9.17) is 4.74 Å². The minimum absolute atomic E-state index is 0.0674. The third kappa shape index (κ3) is 3.25. The van der Waals surface area contributed by atoms with Crippen LogP contribution in [0.5, 0.6) is 5.75 Å². The number of carbonyl (C=O) groups is 1. The van der Waals surface area contributed by atoms with Gasteiger partial charge >= 0.3 is 0 Å². The van der Waals surface area contributed by atoms with Crippen LogP contribution in [0, 0.1) is 11.3 Å². The predicted octanol–water partition coefficient (Wildman–Crippen LogP) is 2.40. The molecule has 1 N–H and O–H groups in total. The zero-order valence-electron chi connectivity index (χ0n) is 11.3. The molecule has 1 aromatic rings. The maximum atomic E-state index is 12.1. The molecule has 1 heterocycles. The number of amides is 1. The van der Waals surface area contributed by atoms with E-state index in [-0.39, 0.29) is 17.2 Å². The van der Waals surface area contributed by atoms with Crippen molar-refractivity contribution in [2.24, 2.45) is 11.3 Å². The number of para-hydroxylation sites is 1. The Bertz CT molecular complexity index is 434. The second kappa shape index (κ2) is 5.01. The minimum Gasteiger partial charge on any atom is -0.492 e. The summed E-state index contributed by atoms with van der Waals surface area (Å²) in [5.41, 5.74) is 1.24. The number of carbonyl (C=O) groups excluding carboxylic acids is 1. The molecule has 1 aromatic carbocycles. The Morgan fingerprint density at radius 3 is 2.83 bits per heavy atom. The van der Waals surface area contributed by atoms with Crippen LogP contribution in [0.1, 0.15) is 26.3 Å². The van der Waals surface area contributed by atoms with Crippen molar-refractivity contribution in [3.05, 3.63) is 29.8 Å². The van der Waals surface area contributed by atoms with Gasteiger partial charge in [-0.05, 0) is 23.5 Å². The maximum absolute atomic E-state index is 12.1. The van der Waals surface area contributed by atoms with Gasteiger partial charge in [-0.25, -0.2) is 0 Å². The molecule has 3 heteroatoms. The van der Waals surface area contributed by atoms with Crippen LogP contribution in [0.2, 0.25) is 0 Å². The SMILES string of the molecule is CC(C)(C)CNC(=O)C1COc2ccccc2C1. The molecule has 18 heavy (non-hydrogen) atoms. The second-order valence-corrected chi connectivity index (χ2v) is 6.10. The van der Waals surface area contributed by atoms with E-state index in [0.717, 1.165) is 17.7 Å². The lowest BCUT2D eigenvalue weighted by Gasteiger charge is -2.26. The van der Waals surface area contributed by atoms with Gasteiger partial charge in [0.2, 0.25) is 5.91 Å². The Hall–Kier alpha value is -1.51. The van der Waals surface area contributed by atoms with E-state index in [1.807, 2.05) is 24.3 Å². The molecule has 0 spiro atoms. The van der Waals surface area contributed by atoms with Crippen LogP contribution in [0.4, 0.5) is 0 Å². The van der Waals surface area contributed by atoms with Crippen molar-refractivity contribution in [3.63, 3.8) is 0 Å². The number of hydrogen-bond donors (Lipinski definition) is 1. The van der Waals surface area contributed by atoms with Crippen molar-refractivity contribution in [2.45, 2.75) is 27.2 Å². The van der Waals surface area contributed by atoms with E-state index in [0.29, 0.717) is 13.2 Å². The van der Waals surface area contributed by atoms with E-state index in [9.17, 15) is 4.79 Å². The van der Waals surface area contributed by atoms with E-state index in [2.05, 4.69) is 26.1 Å². The summed E-state index contributed by atoms with van der Waals surface area (Å²) in [6.45, 7) is 7.51. The van der Waals surface area contributed by atoms with Gasteiger partial charge in [-0.15, -0.1) is 0 Å². The first-order valence-electron chi connectivity index (χ1n) is 6.44. The fraction of sp³-hybridized carbons (Fsp3) is 0.533. The molecule has 0 aromatic heterocycles. The molecule has 1 amide bonds. The van der Waals surface area contributed by atoms with E-state index in [1.54, 1.807) is 0 Å². The Labute approximate surface area is 109 Å². The van der Waals surface area contributed by atoms with Gasteiger partial charge in [0.05, 0.1) is 5.92 Å². The van der Waals surface area contributed by atoms with Gasteiger partial charge < -0.3 is 10.1 Å². The van der Waals surface area contributed by atoms with Crippen LogP contribution in [0.3, 0.4) is 0 Å². The third-order valence-electron chi connectivity index (χ3n) is 3.04. The Morgan fingerprint density at radius 2 is 2.11 bits per heavy atom. The number of fused-ring (bicyclic) bond motifs is 1. The molecule has 1 atom stereocenters. The molecule has 0 aliphatic carbocycles. The standard InChI is InChI=1S/C15H21NO2/c1-15(2,3)10-16-14(17)12-8-11-6-4-5-7-13(11)18-9-12/h4-7,12H,8-10H2,1-3H3,(H,16,17). The lowest BCUT2D eigenvalue weighted by atomic mass is 9.94. The molecule has 2 rings (SSSR count). The number of ether oxygens (including phenoxy) is 1. The van der Waals surface area contributed by atoms with E-state index in [1.165, 1.54) is 0 Å². The Balaban J connectivity index is 1.95. The molecule has 0 saturated carbocycles. The smallest absolute Gasteiger partial charge is 0.226 e.